The van der Waals surface area contributed by atoms with Gasteiger partial charge in [0.2, 0.25) is 11.9 Å². The number of hydrogen-bond donors (Lipinski definition) is 0. The molecule has 16 nitrogen and oxygen atoms in total. The van der Waals surface area contributed by atoms with E-state index in [9.17, 15) is 0 Å². The number of hydrogen-bond acceptors (Lipinski definition) is 20. The maximum Gasteiger partial charge on any atom is 0.496 e. The van der Waals surface area contributed by atoms with Gasteiger partial charge in [-0.1, -0.05) is 28.7 Å². The molecule has 0 radical (unpaired) electrons. The Hall–Kier alpha value is -5.10. The van der Waals surface area contributed by atoms with Crippen LogP contribution in [0.1, 0.15) is 116 Å². The van der Waals surface area contributed by atoms with E-state index in [1.807, 2.05) is 92.2 Å². The molecule has 5 aliphatic rings. The molecular formula is C58H68BBrN12O4S4. The molecular weight excluding hydrogens is 1150 g/mol. The van der Waals surface area contributed by atoms with Crippen LogP contribution in [0.3, 0.4) is 0 Å². The number of thioether (sulfide) groups is 2. The molecule has 2 saturated carbocycles. The van der Waals surface area contributed by atoms with Crippen molar-refractivity contribution in [1.82, 2.24) is 49.8 Å². The smallest absolute Gasteiger partial charge is 0.467 e. The molecule has 2 aliphatic carbocycles. The molecule has 0 N–H and O–H groups in total. The van der Waals surface area contributed by atoms with Crippen molar-refractivity contribution < 1.29 is 18.8 Å². The summed E-state index contributed by atoms with van der Waals surface area (Å²) in [5.41, 5.74) is 6.62. The molecule has 0 amide bonds. The fourth-order valence-corrected chi connectivity index (χ4v) is 12.9. The molecule has 2 unspecified atom stereocenters. The van der Waals surface area contributed by atoms with Crippen LogP contribution >= 0.6 is 62.1 Å². The molecule has 5 fully saturated rings. The Morgan fingerprint density at radius 1 is 0.562 bits per heavy atom. The summed E-state index contributed by atoms with van der Waals surface area (Å²) in [5, 5.41) is 3.40. The predicted octanol–water partition coefficient (Wildman–Crippen LogP) is 12.7. The number of thiazole rings is 2. The first-order chi connectivity index (χ1) is 38.7. The SMILES string of the molecule is CC(Oc1nc2ccc(Br)nc2s1)C1CCN(c2ncc(C3CC3)cn2)CC1.CSc1ccc(-c2ccc3nc(OC(C)C4CCN(c5ncc(C6CC6)cn5)CC4)sc3n2)cn1.CSc1ccc(B2OC(C)(C)C(C)(C)O2)cn1. The van der Waals surface area contributed by atoms with Gasteiger partial charge in [-0.2, -0.15) is 0 Å². The number of fused-ring (bicyclic) bond motifs is 2. The van der Waals surface area contributed by atoms with E-state index in [0.717, 1.165) is 116 Å². The Balaban J connectivity index is 0.000000134. The lowest BCUT2D eigenvalue weighted by atomic mass is 9.80. The Kier molecular flexibility index (Phi) is 17.6. The fraction of sp³-hybridized carbons (Fsp3) is 0.483. The molecule has 13 rings (SSSR count). The third kappa shape index (κ3) is 13.7. The van der Waals surface area contributed by atoms with Crippen molar-refractivity contribution in [3.8, 4) is 21.6 Å². The minimum Gasteiger partial charge on any atom is -0.467 e. The number of nitrogens with zero attached hydrogens (tertiary/aromatic N) is 12. The fourth-order valence-electron chi connectivity index (χ4n) is 10.0. The summed E-state index contributed by atoms with van der Waals surface area (Å²) in [7, 11) is -0.316. The summed E-state index contributed by atoms with van der Waals surface area (Å²) in [6, 6.07) is 16.0. The molecule has 3 aliphatic heterocycles. The van der Waals surface area contributed by atoms with Crippen LogP contribution < -0.4 is 24.7 Å². The maximum atomic E-state index is 6.31. The second kappa shape index (κ2) is 24.8. The molecule has 0 aromatic carbocycles. The van der Waals surface area contributed by atoms with Crippen molar-refractivity contribution in [2.45, 2.75) is 138 Å². The third-order valence-corrected chi connectivity index (χ3v) is 19.6. The van der Waals surface area contributed by atoms with Gasteiger partial charge in [0.1, 0.15) is 37.5 Å². The van der Waals surface area contributed by atoms with E-state index >= 15 is 0 Å². The van der Waals surface area contributed by atoms with Crippen molar-refractivity contribution in [3.05, 3.63) is 101 Å². The van der Waals surface area contributed by atoms with Crippen LogP contribution in [0.5, 0.6) is 10.4 Å². The molecule has 22 heteroatoms. The van der Waals surface area contributed by atoms with Crippen LogP contribution in [-0.4, -0.2) is 119 Å². The van der Waals surface area contributed by atoms with Gasteiger partial charge in [-0.25, -0.2) is 44.9 Å². The summed E-state index contributed by atoms with van der Waals surface area (Å²) < 4.78 is 25.2. The highest BCUT2D eigenvalue weighted by molar-refractivity contribution is 9.10. The summed E-state index contributed by atoms with van der Waals surface area (Å²) >= 11 is 9.68. The van der Waals surface area contributed by atoms with Gasteiger partial charge in [-0.05, 0) is 199 Å². The Morgan fingerprint density at radius 3 is 1.46 bits per heavy atom. The van der Waals surface area contributed by atoms with Gasteiger partial charge < -0.3 is 28.6 Å². The molecule has 80 heavy (non-hydrogen) atoms. The van der Waals surface area contributed by atoms with Gasteiger partial charge in [-0.15, -0.1) is 23.5 Å². The molecule has 3 saturated heterocycles. The Morgan fingerprint density at radius 2 is 1.02 bits per heavy atom. The van der Waals surface area contributed by atoms with Crippen molar-refractivity contribution in [3.63, 3.8) is 0 Å². The van der Waals surface area contributed by atoms with Gasteiger partial charge in [0.15, 0.2) is 0 Å². The van der Waals surface area contributed by atoms with Crippen LogP contribution in [0.15, 0.2) is 100 Å². The number of aromatic nitrogens is 10. The lowest BCUT2D eigenvalue weighted by Crippen LogP contribution is -2.41. The van der Waals surface area contributed by atoms with Crippen molar-refractivity contribution in [2.24, 2.45) is 11.8 Å². The van der Waals surface area contributed by atoms with Gasteiger partial charge in [-0.3, -0.25) is 4.98 Å². The first-order valence-electron chi connectivity index (χ1n) is 27.7. The van der Waals surface area contributed by atoms with E-state index in [0.29, 0.717) is 34.1 Å². The second-order valence-corrected chi connectivity index (χ2v) is 26.6. The number of piperidine rings is 2. The number of pyridine rings is 4. The van der Waals surface area contributed by atoms with Crippen LogP contribution in [0.4, 0.5) is 11.9 Å². The molecule has 8 aromatic rings. The topological polar surface area (TPSA) is 172 Å². The minimum atomic E-state index is -0.316. The minimum absolute atomic E-state index is 0.0960. The van der Waals surface area contributed by atoms with E-state index in [4.69, 9.17) is 23.8 Å². The van der Waals surface area contributed by atoms with Gasteiger partial charge in [0.05, 0.1) is 26.9 Å². The monoisotopic (exact) mass is 1210 g/mol. The molecule has 8 aromatic heterocycles. The van der Waals surface area contributed by atoms with E-state index in [2.05, 4.69) is 118 Å². The van der Waals surface area contributed by atoms with Crippen LogP contribution in [-0.2, 0) is 9.31 Å². The zero-order valence-corrected chi connectivity index (χ0v) is 51.5. The molecule has 418 valence electrons. The predicted molar refractivity (Wildman–Crippen MR) is 327 cm³/mol. The van der Waals surface area contributed by atoms with E-state index in [1.54, 1.807) is 23.5 Å². The quantitative estimate of drug-likeness (QED) is 0.0571. The highest BCUT2D eigenvalue weighted by Gasteiger charge is 2.52. The number of ether oxygens (including phenoxy) is 2. The maximum absolute atomic E-state index is 6.31. The summed E-state index contributed by atoms with van der Waals surface area (Å²) in [6.45, 7) is 16.4. The second-order valence-electron chi connectivity index (χ2n) is 22.2. The van der Waals surface area contributed by atoms with Gasteiger partial charge >= 0.3 is 7.12 Å². The molecule has 0 bridgehead atoms. The van der Waals surface area contributed by atoms with Gasteiger partial charge in [0.25, 0.3) is 10.4 Å². The van der Waals surface area contributed by atoms with Crippen LogP contribution in [0.25, 0.3) is 32.0 Å². The number of rotatable bonds is 14. The first kappa shape index (κ1) is 56.8. The van der Waals surface area contributed by atoms with E-state index in [-0.39, 0.29) is 30.5 Å². The lowest BCUT2D eigenvalue weighted by molar-refractivity contribution is 0.00578. The van der Waals surface area contributed by atoms with Crippen molar-refractivity contribution >= 4 is 107 Å². The third-order valence-electron chi connectivity index (χ3n) is 16.1. The molecule has 2 atom stereocenters. The standard InChI is InChI=1S/C26H28N6OS2.C20H22BrN5OS.C12H18BNO2S/c1-16(17-9-11-32(12-10-17)25-28-14-20(15-29-25)18-3-4-18)33-26-31-22-7-6-21(30-24(22)35-26)19-5-8-23(34-2)27-13-19;1-12(27-20-24-16-4-5-17(21)25-18(16)28-20)13-6-8-26(9-7-13)19-22-10-15(11-23-19)14-2-3-14;1-11(2)12(3,4)16-13(15-11)9-6-7-10(17-5)14-8-9/h5-8,13-18H,3-4,9-12H2,1-2H3;4-5,10-14H,2-3,6-9H2,1H3;6-8H,1-5H3. The zero-order chi connectivity index (χ0) is 55.5. The molecule has 0 spiro atoms. The van der Waals surface area contributed by atoms with E-state index < -0.39 is 0 Å². The summed E-state index contributed by atoms with van der Waals surface area (Å²) in [6.07, 6.45) is 25.4. The van der Waals surface area contributed by atoms with Crippen molar-refractivity contribution in [1.29, 1.82) is 0 Å². The van der Waals surface area contributed by atoms with Gasteiger partial charge in [0, 0.05) is 74.4 Å². The average Bonchev–Trinajstić information content (AvgIpc) is 4.43. The highest BCUT2D eigenvalue weighted by Crippen LogP contribution is 2.41. The Bertz CT molecular complexity index is 3320. The first-order valence-corrected chi connectivity index (χ1v) is 32.6. The summed E-state index contributed by atoms with van der Waals surface area (Å²) in [5.74, 6) is 4.10. The largest absolute Gasteiger partial charge is 0.496 e. The average molecular weight is 1220 g/mol. The lowest BCUT2D eigenvalue weighted by Gasteiger charge is -2.34. The van der Waals surface area contributed by atoms with Crippen molar-refractivity contribution in [2.75, 3.05) is 48.5 Å². The Labute approximate surface area is 494 Å². The highest BCUT2D eigenvalue weighted by atomic mass is 79.9. The van der Waals surface area contributed by atoms with Crippen LogP contribution in [0.2, 0.25) is 0 Å². The summed E-state index contributed by atoms with van der Waals surface area (Å²) in [4.78, 5) is 52.1. The molecule has 11 heterocycles. The zero-order valence-electron chi connectivity index (χ0n) is 46.6. The normalized spacial score (nSPS) is 19.0. The van der Waals surface area contributed by atoms with Crippen LogP contribution in [0, 0.1) is 11.8 Å². The van der Waals surface area contributed by atoms with E-state index in [1.165, 1.54) is 59.5 Å². The number of anilines is 2. The number of halogens is 1.